The molecule has 0 aromatic heterocycles. The van der Waals surface area contributed by atoms with E-state index < -0.39 is 9.84 Å². The third-order valence-corrected chi connectivity index (χ3v) is 5.26. The third-order valence-electron chi connectivity index (χ3n) is 2.69. The maximum atomic E-state index is 11.9. The lowest BCUT2D eigenvalue weighted by atomic mass is 10.2. The second kappa shape index (κ2) is 4.59. The van der Waals surface area contributed by atoms with Crippen molar-refractivity contribution in [3.8, 4) is 0 Å². The fourth-order valence-corrected chi connectivity index (χ4v) is 4.07. The van der Waals surface area contributed by atoms with Crippen molar-refractivity contribution in [3.63, 3.8) is 0 Å². The summed E-state index contributed by atoms with van der Waals surface area (Å²) in [5, 5.41) is -0.323. The molecule has 1 saturated heterocycles. The predicted molar refractivity (Wildman–Crippen MR) is 55.8 cm³/mol. The molecule has 0 amide bonds. The van der Waals surface area contributed by atoms with Gasteiger partial charge in [-0.1, -0.05) is 6.92 Å². The molecule has 4 nitrogen and oxygen atoms in total. The summed E-state index contributed by atoms with van der Waals surface area (Å²) in [6, 6.07) is 0. The highest BCUT2D eigenvalue weighted by atomic mass is 32.2. The summed E-state index contributed by atoms with van der Waals surface area (Å²) < 4.78 is 29.0. The Labute approximate surface area is 85.7 Å². The van der Waals surface area contributed by atoms with Crippen LogP contribution in [-0.4, -0.2) is 38.7 Å². The third kappa shape index (κ3) is 2.68. The van der Waals surface area contributed by atoms with Crippen LogP contribution in [-0.2, 0) is 14.6 Å². The van der Waals surface area contributed by atoms with Crippen molar-refractivity contribution >= 4 is 9.84 Å². The molecule has 0 aromatic rings. The maximum Gasteiger partial charge on any atom is 0.156 e. The normalized spacial score (nSPS) is 30.5. The van der Waals surface area contributed by atoms with E-state index in [1.54, 1.807) is 0 Å². The molecule has 0 aliphatic carbocycles. The zero-order valence-corrected chi connectivity index (χ0v) is 9.59. The molecular formula is C9H19NO3S. The lowest BCUT2D eigenvalue weighted by molar-refractivity contribution is 0.126. The molecular weight excluding hydrogens is 202 g/mol. The molecule has 1 rings (SSSR count). The van der Waals surface area contributed by atoms with E-state index in [-0.39, 0.29) is 23.0 Å². The summed E-state index contributed by atoms with van der Waals surface area (Å²) in [6.45, 7) is 4.66. The number of rotatable bonds is 4. The Bertz CT molecular complexity index is 276. The summed E-state index contributed by atoms with van der Waals surface area (Å²) in [7, 11) is -3.03. The molecule has 3 atom stereocenters. The number of hydrogen-bond acceptors (Lipinski definition) is 4. The monoisotopic (exact) mass is 221 g/mol. The van der Waals surface area contributed by atoms with Crippen molar-refractivity contribution in [3.05, 3.63) is 0 Å². The Morgan fingerprint density at radius 3 is 2.64 bits per heavy atom. The van der Waals surface area contributed by atoms with Gasteiger partial charge in [0.05, 0.1) is 17.1 Å². The first-order valence-electron chi connectivity index (χ1n) is 5.00. The van der Waals surface area contributed by atoms with Gasteiger partial charge < -0.3 is 10.5 Å². The van der Waals surface area contributed by atoms with Crippen molar-refractivity contribution in [2.45, 2.75) is 31.6 Å². The first-order chi connectivity index (χ1) is 6.47. The molecule has 0 bridgehead atoms. The molecule has 0 radical (unpaired) electrons. The fraction of sp³-hybridized carbons (Fsp3) is 1.00. The lowest BCUT2D eigenvalue weighted by Crippen LogP contribution is -2.33. The summed E-state index contributed by atoms with van der Waals surface area (Å²) in [5.41, 5.74) is 5.42. The molecule has 5 heteroatoms. The molecule has 1 fully saturated rings. The van der Waals surface area contributed by atoms with Crippen LogP contribution in [0.25, 0.3) is 0 Å². The Balaban J connectivity index is 2.65. The van der Waals surface area contributed by atoms with E-state index >= 15 is 0 Å². The van der Waals surface area contributed by atoms with Crippen LogP contribution in [0.1, 0.15) is 20.3 Å². The number of hydrogen-bond donors (Lipinski definition) is 1. The zero-order chi connectivity index (χ0) is 10.8. The van der Waals surface area contributed by atoms with Crippen LogP contribution in [0.5, 0.6) is 0 Å². The minimum atomic E-state index is -3.03. The Morgan fingerprint density at radius 1 is 1.57 bits per heavy atom. The van der Waals surface area contributed by atoms with Crippen LogP contribution >= 0.6 is 0 Å². The smallest absolute Gasteiger partial charge is 0.156 e. The quantitative estimate of drug-likeness (QED) is 0.735. The molecule has 0 aromatic carbocycles. The molecule has 1 aliphatic rings. The summed E-state index contributed by atoms with van der Waals surface area (Å²) in [6.07, 6.45) is 0.464. The zero-order valence-electron chi connectivity index (χ0n) is 8.77. The molecule has 0 saturated carbocycles. The van der Waals surface area contributed by atoms with E-state index in [9.17, 15) is 8.42 Å². The van der Waals surface area contributed by atoms with Gasteiger partial charge >= 0.3 is 0 Å². The van der Waals surface area contributed by atoms with Gasteiger partial charge in [0.1, 0.15) is 0 Å². The van der Waals surface area contributed by atoms with Crippen molar-refractivity contribution in [2.75, 3.05) is 18.9 Å². The van der Waals surface area contributed by atoms with Crippen LogP contribution < -0.4 is 5.73 Å². The largest absolute Gasteiger partial charge is 0.377 e. The standard InChI is InChI=1S/C9H19NO3S/c1-7(5-10)6-14(11,12)9-3-4-13-8(9)2/h7-9H,3-6,10H2,1-2H3. The summed E-state index contributed by atoms with van der Waals surface area (Å²) in [4.78, 5) is 0. The van der Waals surface area contributed by atoms with Crippen molar-refractivity contribution < 1.29 is 13.2 Å². The Kier molecular flexibility index (Phi) is 3.92. The topological polar surface area (TPSA) is 69.4 Å². The number of sulfone groups is 1. The molecule has 1 heterocycles. The van der Waals surface area contributed by atoms with Crippen LogP contribution in [0, 0.1) is 5.92 Å². The molecule has 1 aliphatic heterocycles. The van der Waals surface area contributed by atoms with Gasteiger partial charge in [0.25, 0.3) is 0 Å². The molecule has 0 spiro atoms. The van der Waals surface area contributed by atoms with E-state index in [0.717, 1.165) is 0 Å². The van der Waals surface area contributed by atoms with Gasteiger partial charge in [-0.15, -0.1) is 0 Å². The molecule has 14 heavy (non-hydrogen) atoms. The van der Waals surface area contributed by atoms with Crippen molar-refractivity contribution in [1.29, 1.82) is 0 Å². The van der Waals surface area contributed by atoms with Crippen molar-refractivity contribution in [2.24, 2.45) is 11.7 Å². The minimum Gasteiger partial charge on any atom is -0.377 e. The highest BCUT2D eigenvalue weighted by Gasteiger charge is 2.36. The first-order valence-corrected chi connectivity index (χ1v) is 6.72. The predicted octanol–water partition coefficient (Wildman–Crippen LogP) is 0.173. The van der Waals surface area contributed by atoms with E-state index in [1.807, 2.05) is 13.8 Å². The first kappa shape index (κ1) is 11.9. The highest BCUT2D eigenvalue weighted by molar-refractivity contribution is 7.92. The number of nitrogens with two attached hydrogens (primary N) is 1. The van der Waals surface area contributed by atoms with Gasteiger partial charge in [-0.3, -0.25) is 0 Å². The lowest BCUT2D eigenvalue weighted by Gasteiger charge is -2.17. The van der Waals surface area contributed by atoms with Gasteiger partial charge in [-0.25, -0.2) is 8.42 Å². The van der Waals surface area contributed by atoms with Gasteiger partial charge in [-0.2, -0.15) is 0 Å². The second-order valence-corrected chi connectivity index (χ2v) is 6.34. The number of ether oxygens (including phenoxy) is 1. The van der Waals surface area contributed by atoms with E-state index in [1.165, 1.54) is 0 Å². The SMILES string of the molecule is CC(CN)CS(=O)(=O)C1CCOC1C. The van der Waals surface area contributed by atoms with Crippen LogP contribution in [0.4, 0.5) is 0 Å². The van der Waals surface area contributed by atoms with Crippen LogP contribution in [0.15, 0.2) is 0 Å². The van der Waals surface area contributed by atoms with E-state index in [4.69, 9.17) is 10.5 Å². The van der Waals surface area contributed by atoms with Gasteiger partial charge in [0.2, 0.25) is 0 Å². The molecule has 2 N–H and O–H groups in total. The van der Waals surface area contributed by atoms with Crippen LogP contribution in [0.2, 0.25) is 0 Å². The van der Waals surface area contributed by atoms with Gasteiger partial charge in [0.15, 0.2) is 9.84 Å². The minimum absolute atomic E-state index is 0.0350. The van der Waals surface area contributed by atoms with E-state index in [0.29, 0.717) is 19.6 Å². The second-order valence-electron chi connectivity index (χ2n) is 4.07. The molecule has 3 unspecified atom stereocenters. The average molecular weight is 221 g/mol. The van der Waals surface area contributed by atoms with Crippen molar-refractivity contribution in [1.82, 2.24) is 0 Å². The highest BCUT2D eigenvalue weighted by Crippen LogP contribution is 2.22. The Morgan fingerprint density at radius 2 is 2.21 bits per heavy atom. The Hall–Kier alpha value is -0.130. The van der Waals surface area contributed by atoms with E-state index in [2.05, 4.69) is 0 Å². The summed E-state index contributed by atoms with van der Waals surface area (Å²) >= 11 is 0. The summed E-state index contributed by atoms with van der Waals surface area (Å²) in [5.74, 6) is 0.217. The van der Waals surface area contributed by atoms with Gasteiger partial charge in [-0.05, 0) is 25.8 Å². The maximum absolute atomic E-state index is 11.9. The molecule has 84 valence electrons. The van der Waals surface area contributed by atoms with Crippen LogP contribution in [0.3, 0.4) is 0 Å². The fourth-order valence-electron chi connectivity index (χ4n) is 1.77. The van der Waals surface area contributed by atoms with Gasteiger partial charge in [0, 0.05) is 6.61 Å². The average Bonchev–Trinajstić information content (AvgIpc) is 2.51.